The molecule has 0 aromatic rings. The second kappa shape index (κ2) is 5.59. The van der Waals surface area contributed by atoms with Gasteiger partial charge in [0.2, 0.25) is 0 Å². The van der Waals surface area contributed by atoms with Crippen LogP contribution in [0.15, 0.2) is 10.3 Å². The van der Waals surface area contributed by atoms with Gasteiger partial charge in [0.05, 0.1) is 6.61 Å². The zero-order valence-corrected chi connectivity index (χ0v) is 11.2. The minimum absolute atomic E-state index is 0.0133. The van der Waals surface area contributed by atoms with Gasteiger partial charge in [-0.25, -0.2) is 0 Å². The normalized spacial score (nSPS) is 29.1. The van der Waals surface area contributed by atoms with Crippen LogP contribution >= 0.6 is 23.5 Å². The third-order valence-electron chi connectivity index (χ3n) is 2.10. The summed E-state index contributed by atoms with van der Waals surface area (Å²) in [4.78, 5) is 0. The van der Waals surface area contributed by atoms with Crippen LogP contribution in [0.1, 0.15) is 13.8 Å². The zero-order valence-electron chi connectivity index (χ0n) is 9.52. The van der Waals surface area contributed by atoms with Crippen molar-refractivity contribution in [2.75, 3.05) is 19.1 Å². The molecule has 0 saturated carbocycles. The molecular weight excluding hydrogens is 232 g/mol. The first-order valence-corrected chi connectivity index (χ1v) is 7.23. The van der Waals surface area contributed by atoms with Crippen molar-refractivity contribution in [2.45, 2.75) is 31.8 Å². The number of thioether (sulfide) groups is 2. The van der Waals surface area contributed by atoms with E-state index in [1.807, 2.05) is 32.4 Å². The average Bonchev–Trinajstić information content (AvgIpc) is 2.49. The maximum absolute atomic E-state index is 9.18. The van der Waals surface area contributed by atoms with Crippen molar-refractivity contribution in [3.8, 4) is 0 Å². The summed E-state index contributed by atoms with van der Waals surface area (Å²) in [7, 11) is 0. The lowest BCUT2D eigenvalue weighted by Crippen LogP contribution is -2.24. The maximum atomic E-state index is 9.18. The summed E-state index contributed by atoms with van der Waals surface area (Å²) in [6.45, 7) is 3.71. The number of hydrogen-bond donors (Lipinski definition) is 1. The molecule has 1 N–H and O–H groups in total. The van der Waals surface area contributed by atoms with Crippen molar-refractivity contribution in [1.29, 1.82) is 0 Å². The van der Waals surface area contributed by atoms with Gasteiger partial charge in [0.25, 0.3) is 0 Å². The van der Waals surface area contributed by atoms with E-state index in [1.165, 1.54) is 4.24 Å². The van der Waals surface area contributed by atoms with Crippen LogP contribution in [0.25, 0.3) is 0 Å². The lowest BCUT2D eigenvalue weighted by atomic mass is 10.2. The molecule has 0 amide bonds. The molecule has 0 spiro atoms. The third-order valence-corrected chi connectivity index (χ3v) is 4.18. The van der Waals surface area contributed by atoms with Crippen molar-refractivity contribution < 1.29 is 14.6 Å². The van der Waals surface area contributed by atoms with E-state index < -0.39 is 5.79 Å². The van der Waals surface area contributed by atoms with E-state index in [0.717, 1.165) is 0 Å². The van der Waals surface area contributed by atoms with Crippen molar-refractivity contribution >= 4 is 23.5 Å². The van der Waals surface area contributed by atoms with E-state index in [-0.39, 0.29) is 18.8 Å². The highest BCUT2D eigenvalue weighted by Crippen LogP contribution is 2.32. The second-order valence-electron chi connectivity index (χ2n) is 3.72. The van der Waals surface area contributed by atoms with Gasteiger partial charge in [0, 0.05) is 4.24 Å². The zero-order chi connectivity index (χ0) is 11.5. The molecule has 0 unspecified atom stereocenters. The SMILES string of the molecule is CSC(=C[C@@H]1OC(C)(C)O[C@@H]1CO)SC. The summed E-state index contributed by atoms with van der Waals surface area (Å²) < 4.78 is 12.4. The lowest BCUT2D eigenvalue weighted by molar-refractivity contribution is -0.146. The third kappa shape index (κ3) is 3.67. The van der Waals surface area contributed by atoms with E-state index >= 15 is 0 Å². The molecule has 1 fully saturated rings. The van der Waals surface area contributed by atoms with E-state index in [4.69, 9.17) is 9.47 Å². The van der Waals surface area contributed by atoms with Gasteiger partial charge in [-0.15, -0.1) is 23.5 Å². The van der Waals surface area contributed by atoms with Gasteiger partial charge < -0.3 is 14.6 Å². The maximum Gasteiger partial charge on any atom is 0.164 e. The number of rotatable bonds is 4. The molecule has 1 aliphatic heterocycles. The van der Waals surface area contributed by atoms with E-state index in [1.54, 1.807) is 23.5 Å². The molecule has 15 heavy (non-hydrogen) atoms. The van der Waals surface area contributed by atoms with E-state index in [9.17, 15) is 5.11 Å². The summed E-state index contributed by atoms with van der Waals surface area (Å²) in [5, 5.41) is 9.18. The molecule has 0 bridgehead atoms. The van der Waals surface area contributed by atoms with E-state index in [2.05, 4.69) is 0 Å². The van der Waals surface area contributed by atoms with Gasteiger partial charge in [0.15, 0.2) is 5.79 Å². The summed E-state index contributed by atoms with van der Waals surface area (Å²) in [5.74, 6) is -0.601. The van der Waals surface area contributed by atoms with E-state index in [0.29, 0.717) is 0 Å². The molecule has 88 valence electrons. The molecule has 1 heterocycles. The van der Waals surface area contributed by atoms with Gasteiger partial charge in [-0.3, -0.25) is 0 Å². The molecule has 1 aliphatic rings. The largest absolute Gasteiger partial charge is 0.394 e. The van der Waals surface area contributed by atoms with Crippen LogP contribution in [-0.2, 0) is 9.47 Å². The predicted octanol–water partition coefficient (Wildman–Crippen LogP) is 2.07. The van der Waals surface area contributed by atoms with Crippen LogP contribution in [-0.4, -0.2) is 42.2 Å². The van der Waals surface area contributed by atoms with Crippen LogP contribution in [0.5, 0.6) is 0 Å². The lowest BCUT2D eigenvalue weighted by Gasteiger charge is -2.16. The van der Waals surface area contributed by atoms with Gasteiger partial charge in [-0.1, -0.05) is 0 Å². The highest BCUT2D eigenvalue weighted by atomic mass is 32.2. The highest BCUT2D eigenvalue weighted by molar-refractivity contribution is 8.21. The van der Waals surface area contributed by atoms with Crippen molar-refractivity contribution in [1.82, 2.24) is 0 Å². The Labute approximate surface area is 99.6 Å². The molecule has 0 radical (unpaired) electrons. The minimum atomic E-state index is -0.601. The van der Waals surface area contributed by atoms with Crippen LogP contribution in [0.2, 0.25) is 0 Å². The Balaban J connectivity index is 2.72. The molecule has 1 saturated heterocycles. The fraction of sp³-hybridized carbons (Fsp3) is 0.800. The Morgan fingerprint density at radius 1 is 1.33 bits per heavy atom. The molecule has 2 atom stereocenters. The first-order chi connectivity index (χ1) is 7.02. The summed E-state index contributed by atoms with van der Waals surface area (Å²) in [6, 6.07) is 0. The molecule has 1 rings (SSSR count). The van der Waals surface area contributed by atoms with Crippen LogP contribution in [0.3, 0.4) is 0 Å². The van der Waals surface area contributed by atoms with Gasteiger partial charge in [0.1, 0.15) is 12.2 Å². The summed E-state index contributed by atoms with van der Waals surface area (Å²) >= 11 is 3.35. The summed E-state index contributed by atoms with van der Waals surface area (Å²) in [6.07, 6.45) is 5.66. The number of aliphatic hydroxyl groups is 1. The van der Waals surface area contributed by atoms with Gasteiger partial charge in [-0.05, 0) is 32.4 Å². The smallest absolute Gasteiger partial charge is 0.164 e. The standard InChI is InChI=1S/C10H18O3S2/c1-10(2)12-7(8(6-11)13-10)5-9(14-3)15-4/h5,7-8,11H,6H2,1-4H3/t7-,8+/m0/s1. The fourth-order valence-electron chi connectivity index (χ4n) is 1.50. The molecular formula is C10H18O3S2. The fourth-order valence-corrected chi connectivity index (χ4v) is 2.71. The Bertz CT molecular complexity index is 235. The number of ether oxygens (including phenoxy) is 2. The molecule has 0 aromatic carbocycles. The number of hydrogen-bond acceptors (Lipinski definition) is 5. The Hall–Kier alpha value is 0.320. The van der Waals surface area contributed by atoms with Crippen molar-refractivity contribution in [3.63, 3.8) is 0 Å². The van der Waals surface area contributed by atoms with Gasteiger partial charge >= 0.3 is 0 Å². The molecule has 0 aliphatic carbocycles. The van der Waals surface area contributed by atoms with Gasteiger partial charge in [-0.2, -0.15) is 0 Å². The first kappa shape index (κ1) is 13.4. The Morgan fingerprint density at radius 3 is 2.40 bits per heavy atom. The molecule has 3 nitrogen and oxygen atoms in total. The molecule has 5 heteroatoms. The van der Waals surface area contributed by atoms with Crippen LogP contribution in [0, 0.1) is 0 Å². The van der Waals surface area contributed by atoms with Crippen LogP contribution in [0.4, 0.5) is 0 Å². The highest BCUT2D eigenvalue weighted by Gasteiger charge is 2.39. The monoisotopic (exact) mass is 250 g/mol. The Morgan fingerprint density at radius 2 is 1.93 bits per heavy atom. The Kier molecular flexibility index (Phi) is 4.99. The number of aliphatic hydroxyl groups excluding tert-OH is 1. The minimum Gasteiger partial charge on any atom is -0.394 e. The first-order valence-electron chi connectivity index (χ1n) is 4.78. The second-order valence-corrected chi connectivity index (χ2v) is 5.67. The quantitative estimate of drug-likeness (QED) is 0.827. The average molecular weight is 250 g/mol. The van der Waals surface area contributed by atoms with Crippen LogP contribution < -0.4 is 0 Å². The van der Waals surface area contributed by atoms with Crippen molar-refractivity contribution in [3.05, 3.63) is 10.3 Å². The molecule has 0 aromatic heterocycles. The summed E-state index contributed by atoms with van der Waals surface area (Å²) in [5.41, 5.74) is 0. The topological polar surface area (TPSA) is 38.7 Å². The predicted molar refractivity (Wildman–Crippen MR) is 66.0 cm³/mol. The van der Waals surface area contributed by atoms with Crippen molar-refractivity contribution in [2.24, 2.45) is 0 Å².